The number of nitrogens with zero attached hydrogens (tertiary/aromatic N) is 3. The molecule has 0 bridgehead atoms. The third-order valence-corrected chi connectivity index (χ3v) is 7.15. The highest BCUT2D eigenvalue weighted by atomic mass is 35.5. The Bertz CT molecular complexity index is 1610. The van der Waals surface area contributed by atoms with E-state index in [9.17, 15) is 18.5 Å². The maximum Gasteiger partial charge on any atom is 0.269 e. The fourth-order valence-corrected chi connectivity index (χ4v) is 5.39. The molecule has 0 spiro atoms. The van der Waals surface area contributed by atoms with Gasteiger partial charge in [-0.3, -0.25) is 10.1 Å². The first-order valence-electron chi connectivity index (χ1n) is 9.51. The number of non-ortho nitro benzene ring substituents is 1. The zero-order chi connectivity index (χ0) is 22.5. The molecule has 0 radical (unpaired) electrons. The third kappa shape index (κ3) is 3.21. The van der Waals surface area contributed by atoms with Crippen LogP contribution in [-0.4, -0.2) is 22.3 Å². The van der Waals surface area contributed by atoms with Crippen LogP contribution in [0.5, 0.6) is 0 Å². The lowest BCUT2D eigenvalue weighted by Gasteiger charge is -2.09. The van der Waals surface area contributed by atoms with Crippen LogP contribution < -0.4 is 0 Å². The SMILES string of the molecule is O=[N+]([O-])c1ccc(-c2ccc3c(c2)c2cc(Cl)cnc2n3S(=O)(=O)c2ccccc2)cc1. The molecule has 0 unspecified atom stereocenters. The Balaban J connectivity index is 1.78. The van der Waals surface area contributed by atoms with E-state index in [0.29, 0.717) is 21.3 Å². The Morgan fingerprint density at radius 3 is 2.25 bits per heavy atom. The van der Waals surface area contributed by atoms with Gasteiger partial charge in [-0.25, -0.2) is 17.4 Å². The second kappa shape index (κ2) is 7.44. The first kappa shape index (κ1) is 20.2. The molecule has 3 aromatic carbocycles. The molecule has 0 aliphatic rings. The van der Waals surface area contributed by atoms with Crippen LogP contribution >= 0.6 is 11.6 Å². The molecule has 0 aliphatic carbocycles. The quantitative estimate of drug-likeness (QED) is 0.253. The fraction of sp³-hybridized carbons (Fsp3) is 0. The summed E-state index contributed by atoms with van der Waals surface area (Å²) in [6.45, 7) is 0. The van der Waals surface area contributed by atoms with Gasteiger partial charge in [0.15, 0.2) is 5.65 Å². The summed E-state index contributed by atoms with van der Waals surface area (Å²) in [5.74, 6) is 0. The predicted octanol–water partition coefficient (Wildman–Crippen LogP) is 5.66. The van der Waals surface area contributed by atoms with Crippen LogP contribution in [0.2, 0.25) is 5.02 Å². The zero-order valence-corrected chi connectivity index (χ0v) is 17.9. The maximum atomic E-state index is 13.5. The molecular formula is C23H14ClN3O4S. The summed E-state index contributed by atoms with van der Waals surface area (Å²) in [7, 11) is -3.92. The van der Waals surface area contributed by atoms with Gasteiger partial charge in [-0.05, 0) is 53.6 Å². The maximum absolute atomic E-state index is 13.5. The average Bonchev–Trinajstić information content (AvgIpc) is 3.13. The summed E-state index contributed by atoms with van der Waals surface area (Å²) >= 11 is 6.18. The Morgan fingerprint density at radius 1 is 0.875 bits per heavy atom. The van der Waals surface area contributed by atoms with Crippen LogP contribution in [0.25, 0.3) is 33.1 Å². The second-order valence-corrected chi connectivity index (χ2v) is 9.37. The van der Waals surface area contributed by atoms with Gasteiger partial charge in [0.25, 0.3) is 15.7 Å². The molecule has 2 aromatic heterocycles. The Kier molecular flexibility index (Phi) is 4.69. The Morgan fingerprint density at radius 2 is 1.56 bits per heavy atom. The number of halogens is 1. The van der Waals surface area contributed by atoms with Gasteiger partial charge in [-0.1, -0.05) is 35.9 Å². The first-order valence-corrected chi connectivity index (χ1v) is 11.3. The summed E-state index contributed by atoms with van der Waals surface area (Å²) in [5, 5.41) is 12.6. The van der Waals surface area contributed by atoms with Crippen LogP contribution in [-0.2, 0) is 10.0 Å². The Labute approximate surface area is 187 Å². The topological polar surface area (TPSA) is 95.1 Å². The van der Waals surface area contributed by atoms with Crippen molar-refractivity contribution in [1.29, 1.82) is 0 Å². The van der Waals surface area contributed by atoms with Gasteiger partial charge < -0.3 is 0 Å². The minimum absolute atomic E-state index is 0.00336. The van der Waals surface area contributed by atoms with Crippen molar-refractivity contribution in [2.75, 3.05) is 0 Å². The lowest BCUT2D eigenvalue weighted by molar-refractivity contribution is -0.384. The van der Waals surface area contributed by atoms with E-state index in [1.807, 2.05) is 6.07 Å². The van der Waals surface area contributed by atoms with Gasteiger partial charge >= 0.3 is 0 Å². The van der Waals surface area contributed by atoms with E-state index in [4.69, 9.17) is 11.6 Å². The van der Waals surface area contributed by atoms with Crippen molar-refractivity contribution in [3.05, 3.63) is 100 Å². The molecule has 158 valence electrons. The lowest BCUT2D eigenvalue weighted by atomic mass is 10.0. The molecule has 9 heteroatoms. The molecule has 0 atom stereocenters. The number of hydrogen-bond acceptors (Lipinski definition) is 5. The van der Waals surface area contributed by atoms with Crippen molar-refractivity contribution in [1.82, 2.24) is 8.96 Å². The van der Waals surface area contributed by atoms with E-state index in [1.54, 1.807) is 48.5 Å². The number of hydrogen-bond donors (Lipinski definition) is 0. The molecule has 7 nitrogen and oxygen atoms in total. The molecule has 0 amide bonds. The smallest absolute Gasteiger partial charge is 0.258 e. The number of pyridine rings is 1. The van der Waals surface area contributed by atoms with Gasteiger partial charge in [0.1, 0.15) is 0 Å². The number of aromatic nitrogens is 2. The van der Waals surface area contributed by atoms with Crippen molar-refractivity contribution in [2.24, 2.45) is 0 Å². The van der Waals surface area contributed by atoms with Crippen molar-refractivity contribution in [3.8, 4) is 11.1 Å². The van der Waals surface area contributed by atoms with E-state index in [0.717, 1.165) is 11.1 Å². The molecule has 0 N–H and O–H groups in total. The van der Waals surface area contributed by atoms with E-state index < -0.39 is 14.9 Å². The minimum atomic E-state index is -3.92. The minimum Gasteiger partial charge on any atom is -0.258 e. The summed E-state index contributed by atoms with van der Waals surface area (Å²) in [6.07, 6.45) is 1.41. The highest BCUT2D eigenvalue weighted by molar-refractivity contribution is 7.90. The second-order valence-electron chi connectivity index (χ2n) is 7.14. The lowest BCUT2D eigenvalue weighted by Crippen LogP contribution is -2.13. The molecule has 0 saturated heterocycles. The molecule has 0 aliphatic heterocycles. The van der Waals surface area contributed by atoms with E-state index in [2.05, 4.69) is 4.98 Å². The van der Waals surface area contributed by atoms with Crippen LogP contribution in [0.1, 0.15) is 0 Å². The highest BCUT2D eigenvalue weighted by Crippen LogP contribution is 2.35. The number of nitro benzene ring substituents is 1. The van der Waals surface area contributed by atoms with Crippen LogP contribution in [0, 0.1) is 10.1 Å². The van der Waals surface area contributed by atoms with Gasteiger partial charge in [-0.15, -0.1) is 0 Å². The Hall–Kier alpha value is -3.75. The van der Waals surface area contributed by atoms with Crippen molar-refractivity contribution >= 4 is 49.2 Å². The predicted molar refractivity (Wildman–Crippen MR) is 123 cm³/mol. The van der Waals surface area contributed by atoms with E-state index >= 15 is 0 Å². The summed E-state index contributed by atoms with van der Waals surface area (Å²) in [5.41, 5.74) is 2.28. The molecule has 0 fully saturated rings. The number of rotatable bonds is 4. The van der Waals surface area contributed by atoms with Gasteiger partial charge in [0.2, 0.25) is 0 Å². The normalized spacial score (nSPS) is 11.8. The van der Waals surface area contributed by atoms with Crippen LogP contribution in [0.15, 0.2) is 90.0 Å². The number of benzene rings is 3. The van der Waals surface area contributed by atoms with Gasteiger partial charge in [0.05, 0.1) is 20.4 Å². The standard InChI is InChI=1S/C23H14ClN3O4S/c24-17-13-21-20-12-16(15-6-9-18(10-7-15)27(28)29)8-11-22(20)26(23(21)25-14-17)32(30,31)19-4-2-1-3-5-19/h1-14H. The third-order valence-electron chi connectivity index (χ3n) is 5.22. The molecule has 0 saturated carbocycles. The molecule has 32 heavy (non-hydrogen) atoms. The van der Waals surface area contributed by atoms with Gasteiger partial charge in [-0.2, -0.15) is 0 Å². The van der Waals surface area contributed by atoms with E-state index in [1.165, 1.54) is 34.4 Å². The van der Waals surface area contributed by atoms with Crippen molar-refractivity contribution < 1.29 is 13.3 Å². The molecule has 5 rings (SSSR count). The molecule has 2 heterocycles. The van der Waals surface area contributed by atoms with Crippen LogP contribution in [0.4, 0.5) is 5.69 Å². The van der Waals surface area contributed by atoms with Crippen molar-refractivity contribution in [3.63, 3.8) is 0 Å². The number of nitro groups is 1. The summed E-state index contributed by atoms with van der Waals surface area (Å²) in [6, 6.07) is 21.3. The number of fused-ring (bicyclic) bond motifs is 3. The fourth-order valence-electron chi connectivity index (χ4n) is 3.73. The largest absolute Gasteiger partial charge is 0.269 e. The molecular weight excluding hydrogens is 450 g/mol. The average molecular weight is 464 g/mol. The summed E-state index contributed by atoms with van der Waals surface area (Å²) < 4.78 is 28.2. The van der Waals surface area contributed by atoms with Crippen LogP contribution in [0.3, 0.4) is 0 Å². The highest BCUT2D eigenvalue weighted by Gasteiger charge is 2.24. The van der Waals surface area contributed by atoms with E-state index in [-0.39, 0.29) is 16.2 Å². The zero-order valence-electron chi connectivity index (χ0n) is 16.3. The first-order chi connectivity index (χ1) is 15.4. The van der Waals surface area contributed by atoms with Gasteiger partial charge in [0, 0.05) is 29.1 Å². The monoisotopic (exact) mass is 463 g/mol. The van der Waals surface area contributed by atoms with Crippen molar-refractivity contribution in [2.45, 2.75) is 4.90 Å². The molecule has 5 aromatic rings. The summed E-state index contributed by atoms with van der Waals surface area (Å²) in [4.78, 5) is 15.0.